The molecule has 4 rings (SSSR count). The Labute approximate surface area is 251 Å². The molecule has 1 aromatic heterocycles. The number of nitrogens with one attached hydrogen (secondary N) is 3. The smallest absolute Gasteiger partial charge is 0.274 e. The molecule has 0 aliphatic carbocycles. The molecule has 224 valence electrons. The molecule has 2 aliphatic rings. The molecule has 2 saturated heterocycles. The molecule has 0 saturated carbocycles. The van der Waals surface area contributed by atoms with E-state index in [1.165, 1.54) is 6.07 Å². The van der Waals surface area contributed by atoms with Gasteiger partial charge in [-0.1, -0.05) is 23.2 Å². The van der Waals surface area contributed by atoms with Crippen molar-refractivity contribution in [2.45, 2.75) is 102 Å². The number of aromatic amines is 1. The van der Waals surface area contributed by atoms with Gasteiger partial charge in [-0.05, 0) is 72.6 Å². The van der Waals surface area contributed by atoms with Gasteiger partial charge in [0.05, 0.1) is 33.9 Å². The summed E-state index contributed by atoms with van der Waals surface area (Å²) in [7, 11) is 0. The number of carbonyl (C=O) groups excluding carboxylic acids is 2. The monoisotopic (exact) mass is 607 g/mol. The molecular formula is C30H41Cl2N4O5+. The number of aliphatic hydroxyl groups is 2. The van der Waals surface area contributed by atoms with Crippen molar-refractivity contribution in [3.8, 4) is 5.75 Å². The Morgan fingerprint density at radius 1 is 1.02 bits per heavy atom. The number of halogens is 2. The molecule has 3 heterocycles. The number of benzene rings is 1. The van der Waals surface area contributed by atoms with E-state index in [1.54, 1.807) is 59.9 Å². The van der Waals surface area contributed by atoms with Gasteiger partial charge >= 0.3 is 0 Å². The van der Waals surface area contributed by atoms with Crippen LogP contribution in [0.2, 0.25) is 10.0 Å². The standard InChI is InChI=1S/C30H40Cl2N4O5/c1-28(2,39)16-34-26(37)17-7-10-25(33-15-17)36-19-8-9-20(36)12-18(11-19)35-27(38)30(5,6)41-24-13-21(29(3,4)40)22(31)14-23(24)32/h7,10,13-15,18-20,39-40H,8-9,11-12,16H2,1-6H3,(H,34,37)(H,35,38)/p+1. The number of rotatable bonds is 9. The number of aromatic nitrogens is 1. The molecular weight excluding hydrogens is 567 g/mol. The van der Waals surface area contributed by atoms with Crippen molar-refractivity contribution in [1.29, 1.82) is 0 Å². The first-order chi connectivity index (χ1) is 18.9. The van der Waals surface area contributed by atoms with E-state index in [4.69, 9.17) is 27.9 Å². The number of ether oxygens (including phenoxy) is 1. The predicted octanol–water partition coefficient (Wildman–Crippen LogP) is 4.01. The predicted molar refractivity (Wildman–Crippen MR) is 158 cm³/mol. The summed E-state index contributed by atoms with van der Waals surface area (Å²) in [5.41, 5.74) is -2.47. The highest BCUT2D eigenvalue weighted by Crippen LogP contribution is 2.39. The van der Waals surface area contributed by atoms with Crippen molar-refractivity contribution in [2.24, 2.45) is 0 Å². The normalized spacial score (nSPS) is 21.0. The Morgan fingerprint density at radius 3 is 2.20 bits per heavy atom. The summed E-state index contributed by atoms with van der Waals surface area (Å²) >= 11 is 12.6. The Hall–Kier alpha value is -2.59. The lowest BCUT2D eigenvalue weighted by molar-refractivity contribution is -0.365. The third-order valence-corrected chi connectivity index (χ3v) is 8.29. The summed E-state index contributed by atoms with van der Waals surface area (Å²) in [4.78, 5) is 31.4. The first-order valence-electron chi connectivity index (χ1n) is 14.0. The van der Waals surface area contributed by atoms with Crippen LogP contribution in [0, 0.1) is 0 Å². The molecule has 2 unspecified atom stereocenters. The summed E-state index contributed by atoms with van der Waals surface area (Å²) in [6.07, 6.45) is 5.28. The van der Waals surface area contributed by atoms with Gasteiger partial charge in [0.2, 0.25) is 0 Å². The second-order valence-corrected chi connectivity index (χ2v) is 13.6. The Bertz CT molecular complexity index is 1270. The number of hydrogen-bond donors (Lipinski definition) is 4. The van der Waals surface area contributed by atoms with Gasteiger partial charge in [-0.3, -0.25) is 14.5 Å². The molecule has 2 amide bonds. The summed E-state index contributed by atoms with van der Waals surface area (Å²) in [6.45, 7) is 10.1. The second-order valence-electron chi connectivity index (χ2n) is 12.8. The van der Waals surface area contributed by atoms with Gasteiger partial charge in [0.1, 0.15) is 11.9 Å². The SMILES string of the molecule is CC(C)(O)CNC(=O)c1ccc(N2C3CCC2CC(NC(=O)C(C)(C)Oc2cc(C(C)(C)O)c(Cl)cc2Cl)C3)[nH+]c1. The molecule has 2 aromatic rings. The van der Waals surface area contributed by atoms with Crippen LogP contribution in [-0.2, 0) is 10.4 Å². The number of amides is 2. The third-order valence-electron chi connectivity index (χ3n) is 7.68. The summed E-state index contributed by atoms with van der Waals surface area (Å²) in [6, 6.07) is 7.26. The number of hydrogen-bond acceptors (Lipinski definition) is 6. The molecule has 5 N–H and O–H groups in total. The second kappa shape index (κ2) is 11.6. The van der Waals surface area contributed by atoms with E-state index in [0.717, 1.165) is 31.5 Å². The van der Waals surface area contributed by atoms with E-state index in [1.807, 2.05) is 6.07 Å². The fourth-order valence-corrected chi connectivity index (χ4v) is 6.21. The maximum atomic E-state index is 13.4. The van der Waals surface area contributed by atoms with Crippen molar-refractivity contribution in [3.63, 3.8) is 0 Å². The lowest BCUT2D eigenvalue weighted by Crippen LogP contribution is -2.56. The van der Waals surface area contributed by atoms with Crippen LogP contribution in [0.3, 0.4) is 0 Å². The Kier molecular flexibility index (Phi) is 8.86. The van der Waals surface area contributed by atoms with Crippen LogP contribution >= 0.6 is 23.2 Å². The van der Waals surface area contributed by atoms with E-state index in [2.05, 4.69) is 20.5 Å². The van der Waals surface area contributed by atoms with Crippen molar-refractivity contribution >= 4 is 40.8 Å². The molecule has 2 bridgehead atoms. The van der Waals surface area contributed by atoms with E-state index >= 15 is 0 Å². The molecule has 9 nitrogen and oxygen atoms in total. The van der Waals surface area contributed by atoms with Gasteiger partial charge in [-0.25, -0.2) is 4.98 Å². The lowest BCUT2D eigenvalue weighted by atomic mass is 9.96. The summed E-state index contributed by atoms with van der Waals surface area (Å²) in [5.74, 6) is 0.709. The summed E-state index contributed by atoms with van der Waals surface area (Å²) in [5, 5.41) is 26.8. The molecule has 0 spiro atoms. The fraction of sp³-hybridized carbons (Fsp3) is 0.567. The van der Waals surface area contributed by atoms with Crippen molar-refractivity contribution in [1.82, 2.24) is 10.6 Å². The van der Waals surface area contributed by atoms with Crippen molar-refractivity contribution in [2.75, 3.05) is 11.4 Å². The molecule has 41 heavy (non-hydrogen) atoms. The number of fused-ring (bicyclic) bond motifs is 2. The number of H-pyrrole nitrogens is 1. The maximum Gasteiger partial charge on any atom is 0.274 e. The number of nitrogens with zero attached hydrogens (tertiary/aromatic N) is 1. The first kappa shape index (κ1) is 31.3. The zero-order chi connectivity index (χ0) is 30.3. The number of carbonyl (C=O) groups is 2. The molecule has 2 fully saturated rings. The molecule has 0 radical (unpaired) electrons. The maximum absolute atomic E-state index is 13.4. The lowest BCUT2D eigenvalue weighted by Gasteiger charge is -2.36. The van der Waals surface area contributed by atoms with Crippen LogP contribution in [0.1, 0.15) is 83.1 Å². The van der Waals surface area contributed by atoms with Crippen LogP contribution in [0.15, 0.2) is 30.5 Å². The van der Waals surface area contributed by atoms with E-state index < -0.39 is 16.8 Å². The van der Waals surface area contributed by atoms with Gasteiger partial charge in [0.15, 0.2) is 5.60 Å². The summed E-state index contributed by atoms with van der Waals surface area (Å²) < 4.78 is 6.08. The average Bonchev–Trinajstić information content (AvgIpc) is 3.13. The highest BCUT2D eigenvalue weighted by molar-refractivity contribution is 6.36. The number of piperidine rings is 1. The van der Waals surface area contributed by atoms with Crippen LogP contribution < -0.4 is 25.3 Å². The van der Waals surface area contributed by atoms with Crippen molar-refractivity contribution in [3.05, 3.63) is 51.6 Å². The zero-order valence-corrected chi connectivity index (χ0v) is 26.0. The Balaban J connectivity index is 1.38. The van der Waals surface area contributed by atoms with E-state index in [0.29, 0.717) is 16.1 Å². The van der Waals surface area contributed by atoms with E-state index in [9.17, 15) is 19.8 Å². The van der Waals surface area contributed by atoms with Crippen LogP contribution in [0.4, 0.5) is 5.82 Å². The van der Waals surface area contributed by atoms with E-state index in [-0.39, 0.29) is 47.3 Å². The van der Waals surface area contributed by atoms with Crippen LogP contribution in [0.5, 0.6) is 5.75 Å². The van der Waals surface area contributed by atoms with Crippen LogP contribution in [0.25, 0.3) is 0 Å². The Morgan fingerprint density at radius 2 is 1.66 bits per heavy atom. The fourth-order valence-electron chi connectivity index (χ4n) is 5.56. The zero-order valence-electron chi connectivity index (χ0n) is 24.5. The third kappa shape index (κ3) is 7.44. The minimum atomic E-state index is -1.22. The van der Waals surface area contributed by atoms with Crippen molar-refractivity contribution < 1.29 is 29.5 Å². The topological polar surface area (TPSA) is 125 Å². The van der Waals surface area contributed by atoms with Crippen LogP contribution in [-0.4, -0.2) is 57.9 Å². The molecule has 11 heteroatoms. The van der Waals surface area contributed by atoms with Gasteiger partial charge < -0.3 is 25.6 Å². The quantitative estimate of drug-likeness (QED) is 0.341. The highest BCUT2D eigenvalue weighted by atomic mass is 35.5. The van der Waals surface area contributed by atoms with Gasteiger partial charge in [-0.2, -0.15) is 0 Å². The molecule has 1 aromatic carbocycles. The number of pyridine rings is 1. The molecule has 2 atom stereocenters. The largest absolute Gasteiger partial charge is 0.476 e. The minimum Gasteiger partial charge on any atom is -0.476 e. The molecule has 2 aliphatic heterocycles. The minimum absolute atomic E-state index is 0.0152. The average molecular weight is 609 g/mol. The van der Waals surface area contributed by atoms with Gasteiger partial charge in [0.25, 0.3) is 17.6 Å². The highest BCUT2D eigenvalue weighted by Gasteiger charge is 2.47. The van der Waals surface area contributed by atoms with Gasteiger partial charge in [0, 0.05) is 42.1 Å². The first-order valence-corrected chi connectivity index (χ1v) is 14.7. The number of anilines is 1. The van der Waals surface area contributed by atoms with Gasteiger partial charge in [-0.15, -0.1) is 0 Å².